The predicted molar refractivity (Wildman–Crippen MR) is 65.7 cm³/mol. The van der Waals surface area contributed by atoms with Gasteiger partial charge >= 0.3 is 6.18 Å². The van der Waals surface area contributed by atoms with E-state index in [1.807, 2.05) is 13.8 Å². The average molecular weight is 279 g/mol. The largest absolute Gasteiger partial charge is 0.435 e. The minimum absolute atomic E-state index is 0.0847. The zero-order valence-corrected chi connectivity index (χ0v) is 11.3. The molecular weight excluding hydrogens is 259 g/mol. The smallest absolute Gasteiger partial charge is 0.394 e. The van der Waals surface area contributed by atoms with Crippen LogP contribution in [-0.4, -0.2) is 33.6 Å². The Labute approximate surface area is 110 Å². The standard InChI is InChI=1S/C12H20F3N3O/c1-4-16-11(3,8-19)7-9(2)18-6-5-10(17-18)12(13,14)15/h5-6,9,16,19H,4,7-8H2,1-3H3. The number of nitrogens with zero attached hydrogens (tertiary/aromatic N) is 2. The summed E-state index contributed by atoms with van der Waals surface area (Å²) in [5.41, 5.74) is -1.42. The lowest BCUT2D eigenvalue weighted by Gasteiger charge is -2.31. The van der Waals surface area contributed by atoms with E-state index in [0.717, 1.165) is 6.07 Å². The lowest BCUT2D eigenvalue weighted by atomic mass is 9.94. The summed E-state index contributed by atoms with van der Waals surface area (Å²) in [6, 6.07) is 0.715. The zero-order valence-electron chi connectivity index (χ0n) is 11.3. The summed E-state index contributed by atoms with van der Waals surface area (Å²) < 4.78 is 38.7. The third-order valence-corrected chi connectivity index (χ3v) is 3.05. The Morgan fingerprint density at radius 3 is 2.53 bits per heavy atom. The van der Waals surface area contributed by atoms with Gasteiger partial charge in [0.15, 0.2) is 5.69 Å². The van der Waals surface area contributed by atoms with E-state index in [1.165, 1.54) is 10.9 Å². The van der Waals surface area contributed by atoms with Gasteiger partial charge in [0.25, 0.3) is 0 Å². The second-order valence-corrected chi connectivity index (χ2v) is 4.98. The minimum atomic E-state index is -4.42. The van der Waals surface area contributed by atoms with Gasteiger partial charge in [-0.15, -0.1) is 0 Å². The molecule has 0 spiro atoms. The average Bonchev–Trinajstić information content (AvgIpc) is 2.78. The van der Waals surface area contributed by atoms with Crippen molar-refractivity contribution in [2.75, 3.05) is 13.2 Å². The molecule has 1 heterocycles. The van der Waals surface area contributed by atoms with Crippen molar-refractivity contribution >= 4 is 0 Å². The Balaban J connectivity index is 2.78. The van der Waals surface area contributed by atoms with Crippen molar-refractivity contribution in [2.24, 2.45) is 0 Å². The van der Waals surface area contributed by atoms with Crippen LogP contribution in [0.3, 0.4) is 0 Å². The van der Waals surface area contributed by atoms with Gasteiger partial charge in [-0.1, -0.05) is 6.92 Å². The highest BCUT2D eigenvalue weighted by Crippen LogP contribution is 2.29. The van der Waals surface area contributed by atoms with E-state index < -0.39 is 17.4 Å². The van der Waals surface area contributed by atoms with Gasteiger partial charge in [0.05, 0.1) is 12.6 Å². The van der Waals surface area contributed by atoms with Crippen LogP contribution >= 0.6 is 0 Å². The molecule has 0 saturated heterocycles. The van der Waals surface area contributed by atoms with Gasteiger partial charge in [0.2, 0.25) is 0 Å². The van der Waals surface area contributed by atoms with E-state index in [9.17, 15) is 18.3 Å². The van der Waals surface area contributed by atoms with E-state index in [2.05, 4.69) is 10.4 Å². The maximum atomic E-state index is 12.5. The molecule has 0 saturated carbocycles. The molecule has 2 atom stereocenters. The first-order valence-electron chi connectivity index (χ1n) is 6.20. The molecule has 0 aliphatic carbocycles. The molecule has 0 fully saturated rings. The van der Waals surface area contributed by atoms with Gasteiger partial charge in [0, 0.05) is 11.7 Å². The van der Waals surface area contributed by atoms with Crippen LogP contribution in [0.15, 0.2) is 12.3 Å². The number of aliphatic hydroxyl groups is 1. The molecule has 0 amide bonds. The van der Waals surface area contributed by atoms with Gasteiger partial charge in [-0.3, -0.25) is 4.68 Å². The van der Waals surface area contributed by atoms with Crippen LogP contribution in [0.4, 0.5) is 13.2 Å². The van der Waals surface area contributed by atoms with Crippen molar-refractivity contribution < 1.29 is 18.3 Å². The van der Waals surface area contributed by atoms with Gasteiger partial charge in [-0.05, 0) is 32.9 Å². The number of rotatable bonds is 6. The van der Waals surface area contributed by atoms with Crippen LogP contribution < -0.4 is 5.32 Å². The summed E-state index contributed by atoms with van der Waals surface area (Å²) in [6.45, 7) is 6.11. The van der Waals surface area contributed by atoms with Crippen LogP contribution in [-0.2, 0) is 6.18 Å². The molecule has 1 aromatic heterocycles. The maximum absolute atomic E-state index is 12.5. The van der Waals surface area contributed by atoms with Crippen molar-refractivity contribution in [3.05, 3.63) is 18.0 Å². The molecule has 0 bridgehead atoms. The van der Waals surface area contributed by atoms with Crippen molar-refractivity contribution in [3.8, 4) is 0 Å². The highest BCUT2D eigenvalue weighted by atomic mass is 19.4. The lowest BCUT2D eigenvalue weighted by Crippen LogP contribution is -2.47. The van der Waals surface area contributed by atoms with Gasteiger partial charge in [-0.25, -0.2) is 0 Å². The molecule has 0 radical (unpaired) electrons. The quantitative estimate of drug-likeness (QED) is 0.839. The summed E-state index contributed by atoms with van der Waals surface area (Å²) in [5.74, 6) is 0. The third kappa shape index (κ3) is 4.21. The molecule has 7 heteroatoms. The molecule has 0 aliphatic heterocycles. The van der Waals surface area contributed by atoms with Crippen molar-refractivity contribution in [1.82, 2.24) is 15.1 Å². The van der Waals surface area contributed by atoms with Crippen molar-refractivity contribution in [1.29, 1.82) is 0 Å². The molecule has 0 aromatic carbocycles. The minimum Gasteiger partial charge on any atom is -0.394 e. The Morgan fingerprint density at radius 2 is 2.11 bits per heavy atom. The summed E-state index contributed by atoms with van der Waals surface area (Å²) in [5, 5.41) is 16.0. The first kappa shape index (κ1) is 16.0. The highest BCUT2D eigenvalue weighted by molar-refractivity contribution is 5.04. The Bertz CT molecular complexity index is 405. The van der Waals surface area contributed by atoms with Crippen molar-refractivity contribution in [3.63, 3.8) is 0 Å². The Hall–Kier alpha value is -1.08. The number of aliphatic hydroxyl groups excluding tert-OH is 1. The van der Waals surface area contributed by atoms with Gasteiger partial charge in [-0.2, -0.15) is 18.3 Å². The summed E-state index contributed by atoms with van der Waals surface area (Å²) in [6.07, 6.45) is -2.62. The highest BCUT2D eigenvalue weighted by Gasteiger charge is 2.34. The molecule has 2 unspecified atom stereocenters. The number of alkyl halides is 3. The first-order valence-corrected chi connectivity index (χ1v) is 6.20. The molecule has 1 aromatic rings. The predicted octanol–water partition coefficient (Wildman–Crippen LogP) is 2.21. The molecule has 2 N–H and O–H groups in total. The molecule has 0 aliphatic rings. The van der Waals surface area contributed by atoms with Crippen LogP contribution in [0.2, 0.25) is 0 Å². The first-order chi connectivity index (χ1) is 8.72. The SMILES string of the molecule is CCNC(C)(CO)CC(C)n1ccc(C(F)(F)F)n1. The number of aromatic nitrogens is 2. The second-order valence-electron chi connectivity index (χ2n) is 4.98. The number of hydrogen-bond donors (Lipinski definition) is 2. The molecular formula is C12H20F3N3O. The monoisotopic (exact) mass is 279 g/mol. The van der Waals surface area contributed by atoms with Gasteiger partial charge < -0.3 is 10.4 Å². The van der Waals surface area contributed by atoms with Crippen LogP contribution in [0.5, 0.6) is 0 Å². The normalized spacial score (nSPS) is 17.2. The second kappa shape index (κ2) is 5.92. The van der Waals surface area contributed by atoms with Crippen LogP contribution in [0.1, 0.15) is 38.9 Å². The molecule has 110 valence electrons. The summed E-state index contributed by atoms with van der Waals surface area (Å²) in [7, 11) is 0. The number of nitrogens with one attached hydrogen (secondary N) is 1. The molecule has 19 heavy (non-hydrogen) atoms. The molecule has 1 rings (SSSR count). The van der Waals surface area contributed by atoms with E-state index >= 15 is 0 Å². The fourth-order valence-electron chi connectivity index (χ4n) is 2.10. The molecule has 4 nitrogen and oxygen atoms in total. The Kier molecular flexibility index (Phi) is 4.98. The summed E-state index contributed by atoms with van der Waals surface area (Å²) in [4.78, 5) is 0. The number of likely N-dealkylation sites (N-methyl/N-ethyl adjacent to an activating group) is 1. The van der Waals surface area contributed by atoms with E-state index in [1.54, 1.807) is 6.92 Å². The zero-order chi connectivity index (χ0) is 14.7. The van der Waals surface area contributed by atoms with E-state index in [-0.39, 0.29) is 12.6 Å². The van der Waals surface area contributed by atoms with Crippen LogP contribution in [0, 0.1) is 0 Å². The lowest BCUT2D eigenvalue weighted by molar-refractivity contribution is -0.141. The maximum Gasteiger partial charge on any atom is 0.435 e. The topological polar surface area (TPSA) is 50.1 Å². The van der Waals surface area contributed by atoms with E-state index in [0.29, 0.717) is 13.0 Å². The Morgan fingerprint density at radius 1 is 1.47 bits per heavy atom. The fraction of sp³-hybridized carbons (Fsp3) is 0.750. The third-order valence-electron chi connectivity index (χ3n) is 3.05. The number of hydrogen-bond acceptors (Lipinski definition) is 3. The van der Waals surface area contributed by atoms with Crippen molar-refractivity contribution in [2.45, 2.75) is 44.9 Å². The summed E-state index contributed by atoms with van der Waals surface area (Å²) >= 11 is 0. The van der Waals surface area contributed by atoms with Gasteiger partial charge in [0.1, 0.15) is 0 Å². The van der Waals surface area contributed by atoms with Crippen LogP contribution in [0.25, 0.3) is 0 Å². The fourth-order valence-corrected chi connectivity index (χ4v) is 2.10. The van der Waals surface area contributed by atoms with E-state index in [4.69, 9.17) is 0 Å². The number of halogens is 3.